The number of nitrogens with zero attached hydrogens (tertiary/aromatic N) is 2. The minimum absolute atomic E-state index is 0.0880. The molecule has 3 rings (SSSR count). The summed E-state index contributed by atoms with van der Waals surface area (Å²) in [5.74, 6) is -3.91. The zero-order valence-corrected chi connectivity index (χ0v) is 17.2. The molecule has 166 valence electrons. The second-order valence-electron chi connectivity index (χ2n) is 6.85. The molecule has 10 heteroatoms. The van der Waals surface area contributed by atoms with Crippen LogP contribution in [0.3, 0.4) is 0 Å². The lowest BCUT2D eigenvalue weighted by Crippen LogP contribution is -2.40. The van der Waals surface area contributed by atoms with E-state index in [-0.39, 0.29) is 11.2 Å². The Labute approximate surface area is 179 Å². The molecule has 1 aromatic heterocycles. The van der Waals surface area contributed by atoms with E-state index < -0.39 is 51.8 Å². The molecule has 0 saturated carbocycles. The van der Waals surface area contributed by atoms with Crippen LogP contribution in [0.25, 0.3) is 10.9 Å². The van der Waals surface area contributed by atoms with Gasteiger partial charge in [-0.3, -0.25) is 19.2 Å². The number of aromatic nitrogens is 1. The number of anilines is 1. The fourth-order valence-corrected chi connectivity index (χ4v) is 3.36. The van der Waals surface area contributed by atoms with Crippen LogP contribution in [0, 0.1) is 0 Å². The van der Waals surface area contributed by atoms with Gasteiger partial charge in [-0.15, -0.1) is 0 Å². The molecule has 0 spiro atoms. The van der Waals surface area contributed by atoms with Crippen LogP contribution in [0.2, 0.25) is 0 Å². The maximum Gasteiger partial charge on any atom is 0.417 e. The normalized spacial score (nSPS) is 11.3. The van der Waals surface area contributed by atoms with Crippen molar-refractivity contribution < 1.29 is 32.3 Å². The summed E-state index contributed by atoms with van der Waals surface area (Å²) >= 11 is 0. The summed E-state index contributed by atoms with van der Waals surface area (Å²) in [5.41, 5.74) is -3.21. The summed E-state index contributed by atoms with van der Waals surface area (Å²) in [6.07, 6.45) is -4.88. The van der Waals surface area contributed by atoms with Gasteiger partial charge in [-0.25, -0.2) is 4.90 Å². The molecule has 0 atom stereocenters. The first-order valence-electron chi connectivity index (χ1n) is 9.26. The molecule has 32 heavy (non-hydrogen) atoms. The zero-order valence-electron chi connectivity index (χ0n) is 17.2. The number of pyridine rings is 1. The van der Waals surface area contributed by atoms with Gasteiger partial charge in [0.25, 0.3) is 11.5 Å². The Hall–Kier alpha value is -3.95. The Balaban J connectivity index is 2.46. The number of ether oxygens (including phenoxy) is 1. The number of alkyl halides is 3. The quantitative estimate of drug-likeness (QED) is 0.573. The van der Waals surface area contributed by atoms with Gasteiger partial charge in [0.2, 0.25) is 5.91 Å². The molecule has 0 aliphatic heterocycles. The Morgan fingerprint density at radius 3 is 2.12 bits per heavy atom. The molecular weight excluding hydrogens is 429 g/mol. The average Bonchev–Trinajstić information content (AvgIpc) is 2.71. The van der Waals surface area contributed by atoms with Crippen LogP contribution in [0.5, 0.6) is 5.75 Å². The number of amides is 2. The van der Waals surface area contributed by atoms with Gasteiger partial charge in [0.1, 0.15) is 5.56 Å². The standard InChI is InChI=1S/C22H17F3N2O5/c1-12(28)27(14-8-5-4-6-9-14)21(31)18-19(32-13(2)29)17-15(22(23,24)25)10-7-11-16(17)26(3)20(18)30/h4-11H,1-3H3. The number of carbonyl (C=O) groups is 3. The van der Waals surface area contributed by atoms with Crippen LogP contribution in [0.1, 0.15) is 29.8 Å². The van der Waals surface area contributed by atoms with Crippen LogP contribution in [0.4, 0.5) is 18.9 Å². The molecule has 2 amide bonds. The van der Waals surface area contributed by atoms with Crippen LogP contribution in [-0.2, 0) is 22.8 Å². The van der Waals surface area contributed by atoms with Crippen LogP contribution < -0.4 is 15.2 Å². The lowest BCUT2D eigenvalue weighted by Gasteiger charge is -2.22. The van der Waals surface area contributed by atoms with Gasteiger partial charge < -0.3 is 9.30 Å². The summed E-state index contributed by atoms with van der Waals surface area (Å²) in [6.45, 7) is 1.98. The predicted molar refractivity (Wildman–Crippen MR) is 109 cm³/mol. The second-order valence-corrected chi connectivity index (χ2v) is 6.85. The number of imide groups is 1. The van der Waals surface area contributed by atoms with E-state index in [1.54, 1.807) is 6.07 Å². The molecule has 0 aliphatic rings. The molecule has 0 saturated heterocycles. The van der Waals surface area contributed by atoms with Gasteiger partial charge in [0.05, 0.1) is 22.2 Å². The number of esters is 1. The lowest BCUT2D eigenvalue weighted by molar-refractivity contribution is -0.137. The molecule has 7 nitrogen and oxygen atoms in total. The van der Waals surface area contributed by atoms with Crippen LogP contribution >= 0.6 is 0 Å². The molecular formula is C22H17F3N2O5. The van der Waals surface area contributed by atoms with E-state index in [0.29, 0.717) is 4.90 Å². The van der Waals surface area contributed by atoms with Crippen molar-refractivity contribution in [1.29, 1.82) is 0 Å². The Bertz CT molecular complexity index is 1300. The fourth-order valence-electron chi connectivity index (χ4n) is 3.36. The smallest absolute Gasteiger partial charge is 0.417 e. The highest BCUT2D eigenvalue weighted by atomic mass is 19.4. The molecule has 1 heterocycles. The van der Waals surface area contributed by atoms with Crippen LogP contribution in [0.15, 0.2) is 53.3 Å². The van der Waals surface area contributed by atoms with Gasteiger partial charge in [0.15, 0.2) is 5.75 Å². The molecule has 0 bridgehead atoms. The van der Waals surface area contributed by atoms with E-state index in [4.69, 9.17) is 4.74 Å². The highest BCUT2D eigenvalue weighted by molar-refractivity contribution is 6.22. The number of benzene rings is 2. The molecule has 2 aromatic carbocycles. The summed E-state index contributed by atoms with van der Waals surface area (Å²) in [5, 5.41) is -0.641. The number of aryl methyl sites for hydroxylation is 1. The van der Waals surface area contributed by atoms with Gasteiger partial charge in [0, 0.05) is 20.9 Å². The first-order valence-corrected chi connectivity index (χ1v) is 9.26. The highest BCUT2D eigenvalue weighted by Gasteiger charge is 2.37. The Morgan fingerprint density at radius 2 is 1.59 bits per heavy atom. The van der Waals surface area contributed by atoms with Crippen molar-refractivity contribution in [2.45, 2.75) is 20.0 Å². The average molecular weight is 446 g/mol. The monoisotopic (exact) mass is 446 g/mol. The van der Waals surface area contributed by atoms with Crippen molar-refractivity contribution in [3.63, 3.8) is 0 Å². The maximum absolute atomic E-state index is 13.8. The number of hydrogen-bond donors (Lipinski definition) is 0. The minimum Gasteiger partial charge on any atom is -0.425 e. The predicted octanol–water partition coefficient (Wildman–Crippen LogP) is 3.68. The Morgan fingerprint density at radius 1 is 0.969 bits per heavy atom. The SMILES string of the molecule is CC(=O)Oc1c(C(=O)N(C(C)=O)c2ccccc2)c(=O)n(C)c2cccc(C(F)(F)F)c12. The van der Waals surface area contributed by atoms with Crippen LogP contribution in [-0.4, -0.2) is 22.4 Å². The topological polar surface area (TPSA) is 85.7 Å². The van der Waals surface area contributed by atoms with Gasteiger partial charge in [-0.1, -0.05) is 24.3 Å². The summed E-state index contributed by atoms with van der Waals surface area (Å²) in [4.78, 5) is 51.1. The number of rotatable bonds is 3. The van der Waals surface area contributed by atoms with E-state index in [1.807, 2.05) is 0 Å². The third kappa shape index (κ3) is 3.98. The molecule has 0 N–H and O–H groups in total. The number of carbonyl (C=O) groups excluding carboxylic acids is 3. The minimum atomic E-state index is -4.88. The maximum atomic E-state index is 13.8. The number of fused-ring (bicyclic) bond motifs is 1. The third-order valence-corrected chi connectivity index (χ3v) is 4.67. The first kappa shape index (κ1) is 22.7. The van der Waals surface area contributed by atoms with E-state index in [2.05, 4.69) is 0 Å². The molecule has 0 unspecified atom stereocenters. The summed E-state index contributed by atoms with van der Waals surface area (Å²) in [6, 6.07) is 10.6. The molecule has 0 aliphatic carbocycles. The van der Waals surface area contributed by atoms with Crippen molar-refractivity contribution in [1.82, 2.24) is 4.57 Å². The van der Waals surface area contributed by atoms with E-state index in [9.17, 15) is 32.3 Å². The fraction of sp³-hybridized carbons (Fsp3) is 0.182. The number of halogens is 3. The van der Waals surface area contributed by atoms with Gasteiger partial charge in [-0.2, -0.15) is 13.2 Å². The molecule has 0 radical (unpaired) electrons. The van der Waals surface area contributed by atoms with E-state index >= 15 is 0 Å². The van der Waals surface area contributed by atoms with Crippen molar-refractivity contribution >= 4 is 34.4 Å². The van der Waals surface area contributed by atoms with Gasteiger partial charge >= 0.3 is 12.1 Å². The first-order chi connectivity index (χ1) is 14.9. The molecule has 3 aromatic rings. The summed E-state index contributed by atoms with van der Waals surface area (Å²) < 4.78 is 47.2. The molecule has 0 fully saturated rings. The van der Waals surface area contributed by atoms with Crippen molar-refractivity contribution in [2.24, 2.45) is 7.05 Å². The number of hydrogen-bond acceptors (Lipinski definition) is 5. The lowest BCUT2D eigenvalue weighted by atomic mass is 10.0. The van der Waals surface area contributed by atoms with Crippen molar-refractivity contribution in [3.05, 3.63) is 70.0 Å². The zero-order chi connectivity index (χ0) is 23.8. The highest BCUT2D eigenvalue weighted by Crippen LogP contribution is 2.40. The summed E-state index contributed by atoms with van der Waals surface area (Å²) in [7, 11) is 1.18. The van der Waals surface area contributed by atoms with Gasteiger partial charge in [-0.05, 0) is 24.3 Å². The third-order valence-electron chi connectivity index (χ3n) is 4.67. The van der Waals surface area contributed by atoms with Crippen molar-refractivity contribution in [3.8, 4) is 5.75 Å². The van der Waals surface area contributed by atoms with Crippen molar-refractivity contribution in [2.75, 3.05) is 4.90 Å². The second kappa shape index (κ2) is 8.29. The van der Waals surface area contributed by atoms with E-state index in [1.165, 1.54) is 37.4 Å². The van der Waals surface area contributed by atoms with E-state index in [0.717, 1.165) is 30.5 Å². The largest absolute Gasteiger partial charge is 0.425 e. The Kier molecular flexibility index (Phi) is 5.89. The number of para-hydroxylation sites is 1.